The van der Waals surface area contributed by atoms with Crippen molar-refractivity contribution in [1.29, 1.82) is 0 Å². The zero-order valence-corrected chi connectivity index (χ0v) is 16.8. The summed E-state index contributed by atoms with van der Waals surface area (Å²) in [5, 5.41) is 4.58. The molecule has 0 aliphatic carbocycles. The van der Waals surface area contributed by atoms with Gasteiger partial charge in [0.15, 0.2) is 5.65 Å². The fourth-order valence-electron chi connectivity index (χ4n) is 4.52. The van der Waals surface area contributed by atoms with E-state index in [1.807, 2.05) is 10.7 Å². The first-order valence-corrected chi connectivity index (χ1v) is 10.1. The summed E-state index contributed by atoms with van der Waals surface area (Å²) >= 11 is 3.63. The largest absolute Gasteiger partial charge is 0.377 e. The summed E-state index contributed by atoms with van der Waals surface area (Å²) in [6.45, 7) is 8.30. The Morgan fingerprint density at radius 2 is 1.96 bits per heavy atom. The number of fused-ring (bicyclic) bond motifs is 3. The topological polar surface area (TPSA) is 55.1 Å². The fraction of sp³-hybridized carbons (Fsp3) is 0.667. The van der Waals surface area contributed by atoms with Gasteiger partial charge >= 0.3 is 0 Å². The van der Waals surface area contributed by atoms with Gasteiger partial charge in [-0.3, -0.25) is 0 Å². The van der Waals surface area contributed by atoms with Gasteiger partial charge in [-0.25, -0.2) is 4.98 Å². The van der Waals surface area contributed by atoms with E-state index in [0.29, 0.717) is 18.7 Å². The summed E-state index contributed by atoms with van der Waals surface area (Å²) in [6.07, 6.45) is 4.18. The minimum Gasteiger partial charge on any atom is -0.377 e. The van der Waals surface area contributed by atoms with Gasteiger partial charge in [0.1, 0.15) is 11.6 Å². The number of halogens is 1. The SMILES string of the molecule is CC1(C)COCCN1c1cc(N2C3CCC2COC3)nc2c(Br)cnn12. The molecule has 3 aliphatic heterocycles. The van der Waals surface area contributed by atoms with Gasteiger partial charge in [-0.1, -0.05) is 0 Å². The van der Waals surface area contributed by atoms with Crippen LogP contribution in [0.25, 0.3) is 5.65 Å². The molecule has 2 atom stereocenters. The Balaban J connectivity index is 1.66. The molecule has 7 nitrogen and oxygen atoms in total. The first-order chi connectivity index (χ1) is 12.5. The lowest BCUT2D eigenvalue weighted by atomic mass is 10.0. The number of morpholine rings is 2. The summed E-state index contributed by atoms with van der Waals surface area (Å²) < 4.78 is 14.4. The lowest BCUT2D eigenvalue weighted by Gasteiger charge is -2.44. The van der Waals surface area contributed by atoms with E-state index < -0.39 is 0 Å². The van der Waals surface area contributed by atoms with Crippen molar-refractivity contribution in [2.45, 2.75) is 44.3 Å². The zero-order chi connectivity index (χ0) is 17.9. The second-order valence-electron chi connectivity index (χ2n) is 8.05. The third kappa shape index (κ3) is 2.53. The number of hydrogen-bond donors (Lipinski definition) is 0. The molecule has 3 aliphatic rings. The lowest BCUT2D eigenvalue weighted by molar-refractivity contribution is 0.0636. The second-order valence-corrected chi connectivity index (χ2v) is 8.90. The Labute approximate surface area is 161 Å². The first kappa shape index (κ1) is 16.8. The zero-order valence-electron chi connectivity index (χ0n) is 15.2. The summed E-state index contributed by atoms with van der Waals surface area (Å²) in [5.74, 6) is 2.11. The number of hydrogen-bond acceptors (Lipinski definition) is 6. The lowest BCUT2D eigenvalue weighted by Crippen LogP contribution is -2.54. The highest BCUT2D eigenvalue weighted by molar-refractivity contribution is 9.10. The Morgan fingerprint density at radius 3 is 2.69 bits per heavy atom. The van der Waals surface area contributed by atoms with E-state index in [2.05, 4.69) is 50.7 Å². The van der Waals surface area contributed by atoms with Gasteiger partial charge in [0.25, 0.3) is 0 Å². The molecule has 0 saturated carbocycles. The highest BCUT2D eigenvalue weighted by atomic mass is 79.9. The molecule has 0 aromatic carbocycles. The quantitative estimate of drug-likeness (QED) is 0.742. The maximum absolute atomic E-state index is 5.76. The van der Waals surface area contributed by atoms with Crippen LogP contribution < -0.4 is 9.80 Å². The monoisotopic (exact) mass is 421 g/mol. The molecule has 0 radical (unpaired) electrons. The van der Waals surface area contributed by atoms with E-state index >= 15 is 0 Å². The van der Waals surface area contributed by atoms with Crippen molar-refractivity contribution in [2.24, 2.45) is 0 Å². The number of aromatic nitrogens is 3. The Morgan fingerprint density at radius 1 is 1.19 bits per heavy atom. The van der Waals surface area contributed by atoms with Gasteiger partial charge in [0.05, 0.1) is 54.7 Å². The molecular formula is C18H24BrN5O2. The minimum absolute atomic E-state index is 0.0911. The van der Waals surface area contributed by atoms with E-state index in [4.69, 9.17) is 14.5 Å². The smallest absolute Gasteiger partial charge is 0.173 e. The molecule has 3 fully saturated rings. The van der Waals surface area contributed by atoms with Crippen molar-refractivity contribution in [2.75, 3.05) is 42.8 Å². The summed E-state index contributed by atoms with van der Waals surface area (Å²) in [7, 11) is 0. The van der Waals surface area contributed by atoms with Crippen LogP contribution in [0.4, 0.5) is 11.6 Å². The van der Waals surface area contributed by atoms with Gasteiger partial charge in [0.2, 0.25) is 0 Å². The van der Waals surface area contributed by atoms with Crippen LogP contribution in [0.2, 0.25) is 0 Å². The Bertz CT molecular complexity index is 822. The van der Waals surface area contributed by atoms with Crippen LogP contribution in [0.3, 0.4) is 0 Å². The molecule has 140 valence electrons. The number of nitrogens with zero attached hydrogens (tertiary/aromatic N) is 5. The van der Waals surface area contributed by atoms with Crippen molar-refractivity contribution in [3.8, 4) is 0 Å². The maximum Gasteiger partial charge on any atom is 0.173 e. The predicted molar refractivity (Wildman–Crippen MR) is 103 cm³/mol. The highest BCUT2D eigenvalue weighted by Crippen LogP contribution is 2.37. The molecule has 2 aromatic rings. The van der Waals surface area contributed by atoms with E-state index in [1.165, 1.54) is 12.8 Å². The van der Waals surface area contributed by atoms with E-state index in [9.17, 15) is 0 Å². The van der Waals surface area contributed by atoms with Crippen LogP contribution >= 0.6 is 15.9 Å². The van der Waals surface area contributed by atoms with E-state index in [-0.39, 0.29) is 5.54 Å². The Kier molecular flexibility index (Phi) is 3.92. The van der Waals surface area contributed by atoms with Gasteiger partial charge in [-0.2, -0.15) is 9.61 Å². The molecular weight excluding hydrogens is 398 g/mol. The van der Waals surface area contributed by atoms with Crippen molar-refractivity contribution >= 4 is 33.2 Å². The van der Waals surface area contributed by atoms with Crippen molar-refractivity contribution in [1.82, 2.24) is 14.6 Å². The van der Waals surface area contributed by atoms with Crippen LogP contribution in [0, 0.1) is 0 Å². The van der Waals surface area contributed by atoms with Gasteiger partial charge in [0, 0.05) is 12.6 Å². The van der Waals surface area contributed by atoms with Gasteiger partial charge in [-0.05, 0) is 42.6 Å². The first-order valence-electron chi connectivity index (χ1n) is 9.30. The van der Waals surface area contributed by atoms with E-state index in [1.54, 1.807) is 0 Å². The molecule has 8 heteroatoms. The number of ether oxygens (including phenoxy) is 2. The molecule has 2 unspecified atom stereocenters. The fourth-order valence-corrected chi connectivity index (χ4v) is 4.87. The third-order valence-corrected chi connectivity index (χ3v) is 6.38. The standard InChI is InChI=1S/C18H24BrN5O2/c1-18(2)11-25-6-5-22(18)16-7-15(21-17-14(19)8-20-24(16)17)23-12-3-4-13(23)10-26-9-12/h7-8,12-13H,3-6,9-11H2,1-2H3. The molecule has 0 amide bonds. The van der Waals surface area contributed by atoms with Crippen LogP contribution in [-0.2, 0) is 9.47 Å². The third-order valence-electron chi connectivity index (χ3n) is 5.82. The molecule has 5 rings (SSSR count). The molecule has 2 aromatic heterocycles. The number of rotatable bonds is 2. The van der Waals surface area contributed by atoms with Crippen LogP contribution in [0.15, 0.2) is 16.7 Å². The molecule has 0 spiro atoms. The Hall–Kier alpha value is -1.38. The summed E-state index contributed by atoms with van der Waals surface area (Å²) in [6, 6.07) is 3.06. The molecule has 3 saturated heterocycles. The number of anilines is 2. The second kappa shape index (κ2) is 6.07. The molecule has 26 heavy (non-hydrogen) atoms. The van der Waals surface area contributed by atoms with Crippen molar-refractivity contribution < 1.29 is 9.47 Å². The normalized spacial score (nSPS) is 28.1. The molecule has 0 N–H and O–H groups in total. The average molecular weight is 422 g/mol. The molecule has 2 bridgehead atoms. The van der Waals surface area contributed by atoms with Gasteiger partial charge in [-0.15, -0.1) is 0 Å². The van der Waals surface area contributed by atoms with Crippen molar-refractivity contribution in [3.63, 3.8) is 0 Å². The van der Waals surface area contributed by atoms with E-state index in [0.717, 1.165) is 48.1 Å². The highest BCUT2D eigenvalue weighted by Gasteiger charge is 2.39. The molecule has 5 heterocycles. The van der Waals surface area contributed by atoms with Crippen LogP contribution in [-0.4, -0.2) is 65.2 Å². The van der Waals surface area contributed by atoms with Crippen LogP contribution in [0.1, 0.15) is 26.7 Å². The predicted octanol–water partition coefficient (Wildman–Crippen LogP) is 2.47. The van der Waals surface area contributed by atoms with Crippen molar-refractivity contribution in [3.05, 3.63) is 16.7 Å². The van der Waals surface area contributed by atoms with Gasteiger partial charge < -0.3 is 19.3 Å². The van der Waals surface area contributed by atoms with Crippen LogP contribution in [0.5, 0.6) is 0 Å². The summed E-state index contributed by atoms with van der Waals surface area (Å²) in [5.41, 5.74) is 0.775. The summed E-state index contributed by atoms with van der Waals surface area (Å²) in [4.78, 5) is 9.84. The minimum atomic E-state index is -0.0911. The maximum atomic E-state index is 5.76. The average Bonchev–Trinajstić information content (AvgIpc) is 3.11.